The van der Waals surface area contributed by atoms with E-state index in [1.165, 1.54) is 0 Å². The number of nitrogens with two attached hydrogens (primary N) is 3. The molecular formula is C19H30N4O3. The van der Waals surface area contributed by atoms with Crippen molar-refractivity contribution in [3.63, 3.8) is 0 Å². The van der Waals surface area contributed by atoms with Crippen LogP contribution < -0.4 is 27.3 Å². The van der Waals surface area contributed by atoms with E-state index >= 15 is 0 Å². The highest BCUT2D eigenvalue weighted by Crippen LogP contribution is 2.46. The number of benzene rings is 1. The van der Waals surface area contributed by atoms with Crippen molar-refractivity contribution in [3.05, 3.63) is 23.8 Å². The molecule has 26 heavy (non-hydrogen) atoms. The molecular weight excluding hydrogens is 332 g/mol. The fraction of sp³-hybridized carbons (Fsp3) is 0.579. The molecule has 7 N–H and O–H groups in total. The normalized spacial score (nSPS) is 21.2. The molecule has 0 radical (unpaired) electrons. The van der Waals surface area contributed by atoms with Gasteiger partial charge in [-0.05, 0) is 62.8 Å². The average molecular weight is 362 g/mol. The number of amides is 2. The summed E-state index contributed by atoms with van der Waals surface area (Å²) in [6.45, 7) is 3.19. The number of hydrogen-bond donors (Lipinski definition) is 4. The molecule has 1 saturated carbocycles. The standard InChI is InChI=1S/C19H30N4O3/c1-2-6-13-12-19(13,18(22)25)23-17(24)15-11-14(21)7-8-16(15)26-10-5-3-4-9-20/h7-8,11,13H,2-6,9-10,12,20-21H2,1H3,(H2,22,25)(H,23,24)/t13-,19?/m1/s1. The van der Waals surface area contributed by atoms with Gasteiger partial charge in [-0.25, -0.2) is 0 Å². The van der Waals surface area contributed by atoms with Gasteiger partial charge in [-0.1, -0.05) is 13.3 Å². The van der Waals surface area contributed by atoms with Gasteiger partial charge in [-0.15, -0.1) is 0 Å². The number of rotatable bonds is 11. The van der Waals surface area contributed by atoms with Crippen molar-refractivity contribution >= 4 is 17.5 Å². The molecule has 0 bridgehead atoms. The Hall–Kier alpha value is -2.28. The Bertz CT molecular complexity index is 650. The van der Waals surface area contributed by atoms with Gasteiger partial charge in [0.1, 0.15) is 11.3 Å². The Morgan fingerprint density at radius 2 is 2.08 bits per heavy atom. The van der Waals surface area contributed by atoms with Gasteiger partial charge in [-0.2, -0.15) is 0 Å². The molecule has 144 valence electrons. The van der Waals surface area contributed by atoms with E-state index in [2.05, 4.69) is 5.32 Å². The van der Waals surface area contributed by atoms with Gasteiger partial charge in [-0.3, -0.25) is 9.59 Å². The van der Waals surface area contributed by atoms with Gasteiger partial charge in [0.2, 0.25) is 5.91 Å². The molecule has 2 atom stereocenters. The minimum atomic E-state index is -0.948. The fourth-order valence-electron chi connectivity index (χ4n) is 3.27. The van der Waals surface area contributed by atoms with Crippen molar-refractivity contribution in [3.8, 4) is 5.75 Å². The number of primary amides is 1. The van der Waals surface area contributed by atoms with Gasteiger partial charge < -0.3 is 27.3 Å². The van der Waals surface area contributed by atoms with E-state index in [0.29, 0.717) is 36.6 Å². The van der Waals surface area contributed by atoms with Crippen LogP contribution in [0.4, 0.5) is 5.69 Å². The molecule has 2 rings (SSSR count). The van der Waals surface area contributed by atoms with Crippen LogP contribution in [0.3, 0.4) is 0 Å². The molecule has 1 aliphatic carbocycles. The predicted octanol–water partition coefficient (Wildman–Crippen LogP) is 1.55. The second kappa shape index (κ2) is 8.89. The lowest BCUT2D eigenvalue weighted by Gasteiger charge is -2.18. The van der Waals surface area contributed by atoms with Crippen LogP contribution >= 0.6 is 0 Å². The zero-order valence-corrected chi connectivity index (χ0v) is 15.4. The van der Waals surface area contributed by atoms with E-state index in [-0.39, 0.29) is 11.8 Å². The first-order chi connectivity index (χ1) is 12.4. The van der Waals surface area contributed by atoms with Crippen molar-refractivity contribution < 1.29 is 14.3 Å². The molecule has 7 nitrogen and oxygen atoms in total. The summed E-state index contributed by atoms with van der Waals surface area (Å²) in [5, 5.41) is 2.83. The third-order valence-electron chi connectivity index (χ3n) is 4.87. The smallest absolute Gasteiger partial charge is 0.255 e. The van der Waals surface area contributed by atoms with Crippen LogP contribution in [0.1, 0.15) is 55.8 Å². The largest absolute Gasteiger partial charge is 0.493 e. The summed E-state index contributed by atoms with van der Waals surface area (Å²) in [5.41, 5.74) is 16.7. The number of carbonyl (C=O) groups is 2. The van der Waals surface area contributed by atoms with Crippen LogP contribution in [0.2, 0.25) is 0 Å². The minimum Gasteiger partial charge on any atom is -0.493 e. The summed E-state index contributed by atoms with van der Waals surface area (Å²) in [6.07, 6.45) is 5.14. The Morgan fingerprint density at radius 3 is 2.73 bits per heavy atom. The summed E-state index contributed by atoms with van der Waals surface area (Å²) >= 11 is 0. The molecule has 0 aromatic heterocycles. The first-order valence-electron chi connectivity index (χ1n) is 9.29. The lowest BCUT2D eigenvalue weighted by atomic mass is 10.1. The lowest BCUT2D eigenvalue weighted by Crippen LogP contribution is -2.48. The van der Waals surface area contributed by atoms with Crippen LogP contribution in [-0.2, 0) is 4.79 Å². The van der Waals surface area contributed by atoms with Crippen molar-refractivity contribution in [1.29, 1.82) is 0 Å². The van der Waals surface area contributed by atoms with E-state index in [0.717, 1.165) is 32.1 Å². The predicted molar refractivity (Wildman–Crippen MR) is 102 cm³/mol. The highest BCUT2D eigenvalue weighted by atomic mass is 16.5. The number of carbonyl (C=O) groups excluding carboxylic acids is 2. The summed E-state index contributed by atoms with van der Waals surface area (Å²) < 4.78 is 5.76. The van der Waals surface area contributed by atoms with Crippen LogP contribution in [0.15, 0.2) is 18.2 Å². The Balaban J connectivity index is 2.07. The quantitative estimate of drug-likeness (QED) is 0.350. The molecule has 0 aliphatic heterocycles. The monoisotopic (exact) mass is 362 g/mol. The van der Waals surface area contributed by atoms with E-state index < -0.39 is 11.4 Å². The number of ether oxygens (including phenoxy) is 1. The highest BCUT2D eigenvalue weighted by Gasteiger charge is 2.59. The third kappa shape index (κ3) is 4.66. The summed E-state index contributed by atoms with van der Waals surface area (Å²) in [4.78, 5) is 24.7. The maximum absolute atomic E-state index is 12.8. The molecule has 1 unspecified atom stereocenters. The van der Waals surface area contributed by atoms with Crippen LogP contribution in [-0.4, -0.2) is 30.5 Å². The van der Waals surface area contributed by atoms with E-state index in [9.17, 15) is 9.59 Å². The number of nitrogen functional groups attached to an aromatic ring is 1. The molecule has 2 amide bonds. The maximum atomic E-state index is 12.8. The molecule has 7 heteroatoms. The van der Waals surface area contributed by atoms with Crippen LogP contribution in [0.5, 0.6) is 5.75 Å². The molecule has 0 spiro atoms. The SMILES string of the molecule is CCC[C@@H]1CC1(NC(=O)c1cc(N)ccc1OCCCCCN)C(N)=O. The van der Waals surface area contributed by atoms with Crippen molar-refractivity contribution in [1.82, 2.24) is 5.32 Å². The first-order valence-corrected chi connectivity index (χ1v) is 9.29. The van der Waals surface area contributed by atoms with Crippen LogP contribution in [0.25, 0.3) is 0 Å². The highest BCUT2D eigenvalue weighted by molar-refractivity contribution is 6.02. The zero-order valence-electron chi connectivity index (χ0n) is 15.4. The molecule has 0 heterocycles. The van der Waals surface area contributed by atoms with E-state index in [4.69, 9.17) is 21.9 Å². The number of anilines is 1. The third-order valence-corrected chi connectivity index (χ3v) is 4.87. The minimum absolute atomic E-state index is 0.0932. The van der Waals surface area contributed by atoms with E-state index in [1.807, 2.05) is 6.92 Å². The van der Waals surface area contributed by atoms with Crippen LogP contribution in [0, 0.1) is 5.92 Å². The fourth-order valence-corrected chi connectivity index (χ4v) is 3.27. The van der Waals surface area contributed by atoms with Crippen molar-refractivity contribution in [2.45, 2.75) is 51.0 Å². The average Bonchev–Trinajstić information content (AvgIpc) is 3.30. The van der Waals surface area contributed by atoms with Gasteiger partial charge in [0.25, 0.3) is 5.91 Å². The lowest BCUT2D eigenvalue weighted by molar-refractivity contribution is -0.121. The molecule has 1 aromatic carbocycles. The Kier molecular flexibility index (Phi) is 6.85. The second-order valence-corrected chi connectivity index (χ2v) is 6.93. The summed E-state index contributed by atoms with van der Waals surface area (Å²) in [6, 6.07) is 4.93. The zero-order chi connectivity index (χ0) is 19.2. The Labute approximate surface area is 154 Å². The summed E-state index contributed by atoms with van der Waals surface area (Å²) in [7, 11) is 0. The topological polar surface area (TPSA) is 133 Å². The first kappa shape index (κ1) is 20.0. The molecule has 1 aliphatic rings. The molecule has 0 saturated heterocycles. The summed E-state index contributed by atoms with van der Waals surface area (Å²) in [5.74, 6) is -0.323. The van der Waals surface area contributed by atoms with Gasteiger partial charge in [0.05, 0.1) is 12.2 Å². The number of hydrogen-bond acceptors (Lipinski definition) is 5. The maximum Gasteiger partial charge on any atom is 0.255 e. The van der Waals surface area contributed by atoms with Gasteiger partial charge in [0.15, 0.2) is 0 Å². The Morgan fingerprint density at radius 1 is 1.31 bits per heavy atom. The number of nitrogens with one attached hydrogen (secondary N) is 1. The van der Waals surface area contributed by atoms with Gasteiger partial charge in [0, 0.05) is 5.69 Å². The van der Waals surface area contributed by atoms with Gasteiger partial charge >= 0.3 is 0 Å². The number of unbranched alkanes of at least 4 members (excludes halogenated alkanes) is 2. The van der Waals surface area contributed by atoms with E-state index in [1.54, 1.807) is 18.2 Å². The molecule has 1 fully saturated rings. The molecule has 1 aromatic rings. The van der Waals surface area contributed by atoms with Crippen molar-refractivity contribution in [2.24, 2.45) is 17.4 Å². The van der Waals surface area contributed by atoms with Crippen molar-refractivity contribution in [2.75, 3.05) is 18.9 Å². The second-order valence-electron chi connectivity index (χ2n) is 6.93.